The normalized spacial score (nSPS) is 16.4. The lowest BCUT2D eigenvalue weighted by Crippen LogP contribution is -2.18. The molecule has 22 heavy (non-hydrogen) atoms. The fourth-order valence-corrected chi connectivity index (χ4v) is 3.17. The van der Waals surface area contributed by atoms with E-state index < -0.39 is 5.82 Å². The number of anilines is 1. The van der Waals surface area contributed by atoms with Crippen molar-refractivity contribution >= 4 is 39.9 Å². The fourth-order valence-electron chi connectivity index (χ4n) is 2.12. The highest BCUT2D eigenvalue weighted by Crippen LogP contribution is 2.32. The zero-order valence-corrected chi connectivity index (χ0v) is 12.9. The summed E-state index contributed by atoms with van der Waals surface area (Å²) in [5.41, 5.74) is 0.828. The average molecular weight is 323 g/mol. The van der Waals surface area contributed by atoms with E-state index in [1.54, 1.807) is 0 Å². The molecule has 0 fully saturated rings. The van der Waals surface area contributed by atoms with Gasteiger partial charge >= 0.3 is 0 Å². The van der Waals surface area contributed by atoms with E-state index in [0.717, 1.165) is 11.5 Å². The minimum absolute atomic E-state index is 0.0969. The van der Waals surface area contributed by atoms with Gasteiger partial charge in [-0.1, -0.05) is 10.3 Å². The lowest BCUT2D eigenvalue weighted by atomic mass is 10.1. The molecule has 3 rings (SSSR count). The molecule has 1 aromatic carbocycles. The Morgan fingerprint density at radius 1 is 1.50 bits per heavy atom. The lowest BCUT2D eigenvalue weighted by molar-refractivity contribution is -0.105. The zero-order valence-electron chi connectivity index (χ0n) is 12.1. The highest BCUT2D eigenvalue weighted by Gasteiger charge is 2.29. The molecule has 2 heterocycles. The Labute approximate surface area is 130 Å². The first-order chi connectivity index (χ1) is 10.5. The number of thioether (sulfide) groups is 1. The Kier molecular flexibility index (Phi) is 3.78. The summed E-state index contributed by atoms with van der Waals surface area (Å²) in [4.78, 5) is 15.8. The number of rotatable bonds is 4. The second-order valence-electron chi connectivity index (χ2n) is 5.52. The fraction of sp³-hybridized carbons (Fsp3) is 0.357. The van der Waals surface area contributed by atoms with Crippen molar-refractivity contribution in [2.45, 2.75) is 31.6 Å². The average Bonchev–Trinajstić information content (AvgIpc) is 3.00. The second kappa shape index (κ2) is 5.60. The second-order valence-corrected chi connectivity index (χ2v) is 6.57. The highest BCUT2D eigenvalue weighted by molar-refractivity contribution is 8.13. The molecule has 1 N–H and O–H groups in total. The summed E-state index contributed by atoms with van der Waals surface area (Å²) in [5, 5.41) is 11.9. The molecule has 0 spiro atoms. The Hall–Kier alpha value is -2.09. The van der Waals surface area contributed by atoms with Gasteiger partial charge < -0.3 is 14.7 Å². The maximum atomic E-state index is 13.7. The number of oxime groups is 1. The Bertz CT molecular complexity index is 757. The summed E-state index contributed by atoms with van der Waals surface area (Å²) in [5.74, 6) is -0.0393. The first kappa shape index (κ1) is 14.8. The van der Waals surface area contributed by atoms with Crippen molar-refractivity contribution in [2.75, 3.05) is 5.32 Å². The molecule has 0 radical (unpaired) electrons. The van der Waals surface area contributed by atoms with Crippen molar-refractivity contribution in [3.05, 3.63) is 23.6 Å². The van der Waals surface area contributed by atoms with E-state index in [1.807, 2.05) is 13.8 Å². The first-order valence-electron chi connectivity index (χ1n) is 6.64. The predicted molar refractivity (Wildman–Crippen MR) is 82.2 cm³/mol. The quantitative estimate of drug-likeness (QED) is 0.874. The maximum Gasteiger partial charge on any atom is 0.211 e. The SMILES string of the molecule is CC1(C)CC(SCc2noc3cc(F)c(NC=O)cc23)=NO1. The van der Waals surface area contributed by atoms with Crippen LogP contribution in [0.4, 0.5) is 10.1 Å². The van der Waals surface area contributed by atoms with Crippen LogP contribution in [0.3, 0.4) is 0 Å². The third-order valence-corrected chi connectivity index (χ3v) is 4.17. The number of halogens is 1. The number of fused-ring (bicyclic) bond motifs is 1. The number of hydrogen-bond donors (Lipinski definition) is 1. The van der Waals surface area contributed by atoms with E-state index in [0.29, 0.717) is 28.8 Å². The van der Waals surface area contributed by atoms with E-state index in [4.69, 9.17) is 9.36 Å². The van der Waals surface area contributed by atoms with Crippen molar-refractivity contribution in [3.8, 4) is 0 Å². The van der Waals surface area contributed by atoms with Gasteiger partial charge in [-0.25, -0.2) is 4.39 Å². The number of carbonyl (C=O) groups excluding carboxylic acids is 1. The van der Waals surface area contributed by atoms with Crippen molar-refractivity contribution in [3.63, 3.8) is 0 Å². The third kappa shape index (κ3) is 2.92. The van der Waals surface area contributed by atoms with Crippen molar-refractivity contribution in [1.29, 1.82) is 0 Å². The van der Waals surface area contributed by atoms with E-state index in [9.17, 15) is 9.18 Å². The number of amides is 1. The van der Waals surface area contributed by atoms with Crippen LogP contribution < -0.4 is 5.32 Å². The van der Waals surface area contributed by atoms with Gasteiger partial charge in [-0.3, -0.25) is 4.79 Å². The van der Waals surface area contributed by atoms with Gasteiger partial charge in [0.2, 0.25) is 6.41 Å². The molecule has 0 atom stereocenters. The van der Waals surface area contributed by atoms with E-state index >= 15 is 0 Å². The molecule has 0 saturated heterocycles. The Morgan fingerprint density at radius 3 is 3.00 bits per heavy atom. The van der Waals surface area contributed by atoms with E-state index in [-0.39, 0.29) is 11.3 Å². The van der Waals surface area contributed by atoms with Gasteiger partial charge in [-0.2, -0.15) is 0 Å². The summed E-state index contributed by atoms with van der Waals surface area (Å²) >= 11 is 1.50. The molecule has 0 aliphatic carbocycles. The number of aromatic nitrogens is 1. The van der Waals surface area contributed by atoms with Crippen LogP contribution in [0, 0.1) is 5.82 Å². The molecule has 1 aromatic heterocycles. The summed E-state index contributed by atoms with van der Waals surface area (Å²) in [6, 6.07) is 2.73. The standard InChI is InChI=1S/C14H14FN3O3S/c1-14(2)5-13(18-21-14)22-6-11-8-3-10(16-7-19)9(15)4-12(8)20-17-11/h3-4,7H,5-6H2,1-2H3,(H,16,19). The molecule has 6 nitrogen and oxygen atoms in total. The van der Waals surface area contributed by atoms with Crippen LogP contribution in [-0.4, -0.2) is 22.2 Å². The zero-order chi connectivity index (χ0) is 15.7. The Balaban J connectivity index is 1.79. The summed E-state index contributed by atoms with van der Waals surface area (Å²) < 4.78 is 18.8. The van der Waals surface area contributed by atoms with Crippen LogP contribution >= 0.6 is 11.8 Å². The molecule has 0 saturated carbocycles. The summed E-state index contributed by atoms with van der Waals surface area (Å²) in [6.45, 7) is 3.94. The number of hydrogen-bond acceptors (Lipinski definition) is 6. The van der Waals surface area contributed by atoms with Gasteiger partial charge in [0, 0.05) is 23.6 Å². The highest BCUT2D eigenvalue weighted by atomic mass is 32.2. The number of benzene rings is 1. The smallest absolute Gasteiger partial charge is 0.211 e. The van der Waals surface area contributed by atoms with Crippen LogP contribution in [-0.2, 0) is 15.4 Å². The molecular formula is C14H14FN3O3S. The van der Waals surface area contributed by atoms with Crippen molar-refractivity contribution in [2.24, 2.45) is 5.16 Å². The van der Waals surface area contributed by atoms with E-state index in [1.165, 1.54) is 23.9 Å². The molecule has 116 valence electrons. The van der Waals surface area contributed by atoms with Crippen LogP contribution in [0.5, 0.6) is 0 Å². The van der Waals surface area contributed by atoms with Crippen LogP contribution in [0.25, 0.3) is 11.0 Å². The maximum absolute atomic E-state index is 13.7. The van der Waals surface area contributed by atoms with Crippen LogP contribution in [0.1, 0.15) is 26.0 Å². The topological polar surface area (TPSA) is 76.7 Å². The summed E-state index contributed by atoms with van der Waals surface area (Å²) in [7, 11) is 0. The van der Waals surface area contributed by atoms with Crippen LogP contribution in [0.15, 0.2) is 21.8 Å². The molecule has 1 amide bonds. The molecule has 0 bridgehead atoms. The lowest BCUT2D eigenvalue weighted by Gasteiger charge is -2.12. The summed E-state index contributed by atoms with van der Waals surface area (Å²) in [6.07, 6.45) is 1.17. The van der Waals surface area contributed by atoms with Gasteiger partial charge in [-0.15, -0.1) is 11.8 Å². The minimum atomic E-state index is -0.565. The Morgan fingerprint density at radius 2 is 2.32 bits per heavy atom. The first-order valence-corrected chi connectivity index (χ1v) is 7.63. The number of carbonyl (C=O) groups is 1. The molecular weight excluding hydrogens is 309 g/mol. The van der Waals surface area contributed by atoms with Gasteiger partial charge in [0.1, 0.15) is 16.3 Å². The third-order valence-electron chi connectivity index (χ3n) is 3.20. The van der Waals surface area contributed by atoms with Crippen molar-refractivity contribution in [1.82, 2.24) is 5.16 Å². The molecule has 1 aliphatic rings. The van der Waals surface area contributed by atoms with Crippen LogP contribution in [0.2, 0.25) is 0 Å². The molecule has 2 aromatic rings. The number of nitrogens with zero attached hydrogens (tertiary/aromatic N) is 2. The molecule has 0 unspecified atom stereocenters. The van der Waals surface area contributed by atoms with Gasteiger partial charge in [0.25, 0.3) is 0 Å². The van der Waals surface area contributed by atoms with Gasteiger partial charge in [0.15, 0.2) is 11.4 Å². The molecule has 8 heteroatoms. The largest absolute Gasteiger partial charge is 0.389 e. The monoisotopic (exact) mass is 323 g/mol. The predicted octanol–water partition coefficient (Wildman–Crippen LogP) is 3.28. The van der Waals surface area contributed by atoms with Gasteiger partial charge in [0.05, 0.1) is 5.69 Å². The van der Waals surface area contributed by atoms with E-state index in [2.05, 4.69) is 15.6 Å². The minimum Gasteiger partial charge on any atom is -0.389 e. The van der Waals surface area contributed by atoms with Gasteiger partial charge in [-0.05, 0) is 19.9 Å². The number of nitrogens with one attached hydrogen (secondary N) is 1. The molecule has 1 aliphatic heterocycles. The van der Waals surface area contributed by atoms with Crippen molar-refractivity contribution < 1.29 is 18.5 Å².